The van der Waals surface area contributed by atoms with Crippen LogP contribution in [0, 0.1) is 5.92 Å². The molecule has 1 saturated carbocycles. The second-order valence-corrected chi connectivity index (χ2v) is 7.37. The van der Waals surface area contributed by atoms with Crippen LogP contribution in [0.4, 0.5) is 0 Å². The Morgan fingerprint density at radius 3 is 2.79 bits per heavy atom. The molecule has 102 valence electrons. The third-order valence-corrected chi connectivity index (χ3v) is 5.97. The van der Waals surface area contributed by atoms with Crippen LogP contribution in [0.5, 0.6) is 0 Å². The topological polar surface area (TPSA) is 17.1 Å². The lowest BCUT2D eigenvalue weighted by Crippen LogP contribution is -2.16. The van der Waals surface area contributed by atoms with E-state index in [1.807, 2.05) is 30.0 Å². The minimum atomic E-state index is 0.135. The minimum absolute atomic E-state index is 0.135. The molecule has 19 heavy (non-hydrogen) atoms. The molecule has 0 aliphatic heterocycles. The van der Waals surface area contributed by atoms with Crippen molar-refractivity contribution >= 4 is 29.1 Å². The fourth-order valence-corrected chi connectivity index (χ4v) is 4.79. The van der Waals surface area contributed by atoms with Gasteiger partial charge in [0.05, 0.1) is 5.25 Å². The first-order chi connectivity index (χ1) is 9.24. The van der Waals surface area contributed by atoms with Gasteiger partial charge in [0.15, 0.2) is 5.78 Å². The molecule has 0 saturated heterocycles. The van der Waals surface area contributed by atoms with E-state index in [0.29, 0.717) is 5.78 Å². The standard InChI is InChI=1S/C16H19ClOS/c17-13-6-7-14-12(8-13)9-15(16(14)18)19-10-11-4-2-1-3-5-11/h6-8,11,15H,1-5,9-10H2. The number of carbonyl (C=O) groups is 1. The number of thioether (sulfide) groups is 1. The number of ketones is 1. The molecule has 2 aliphatic rings. The summed E-state index contributed by atoms with van der Waals surface area (Å²) >= 11 is 7.87. The van der Waals surface area contributed by atoms with E-state index in [4.69, 9.17) is 11.6 Å². The Kier molecular flexibility index (Phi) is 4.18. The normalized spacial score (nSPS) is 23.6. The van der Waals surface area contributed by atoms with Crippen molar-refractivity contribution in [2.45, 2.75) is 43.8 Å². The molecule has 1 fully saturated rings. The maximum Gasteiger partial charge on any atom is 0.176 e. The van der Waals surface area contributed by atoms with Crippen molar-refractivity contribution in [2.75, 3.05) is 5.75 Å². The van der Waals surface area contributed by atoms with E-state index >= 15 is 0 Å². The maximum absolute atomic E-state index is 12.3. The number of fused-ring (bicyclic) bond motifs is 1. The van der Waals surface area contributed by atoms with E-state index in [-0.39, 0.29) is 5.25 Å². The molecule has 3 rings (SSSR count). The van der Waals surface area contributed by atoms with E-state index in [1.165, 1.54) is 32.1 Å². The average Bonchev–Trinajstić information content (AvgIpc) is 2.74. The zero-order valence-electron chi connectivity index (χ0n) is 11.0. The fraction of sp³-hybridized carbons (Fsp3) is 0.562. The van der Waals surface area contributed by atoms with E-state index in [1.54, 1.807) is 0 Å². The van der Waals surface area contributed by atoms with Gasteiger partial charge in [-0.25, -0.2) is 0 Å². The summed E-state index contributed by atoms with van der Waals surface area (Å²) in [6.07, 6.45) is 7.72. The third kappa shape index (κ3) is 3.00. The van der Waals surface area contributed by atoms with Crippen molar-refractivity contribution in [3.05, 3.63) is 34.3 Å². The van der Waals surface area contributed by atoms with Crippen LogP contribution in [0.2, 0.25) is 5.02 Å². The fourth-order valence-electron chi connectivity index (χ4n) is 3.18. The first-order valence-electron chi connectivity index (χ1n) is 7.18. The minimum Gasteiger partial charge on any atom is -0.293 e. The Bertz CT molecular complexity index is 480. The zero-order chi connectivity index (χ0) is 13.2. The first kappa shape index (κ1) is 13.5. The van der Waals surface area contributed by atoms with Gasteiger partial charge in [0, 0.05) is 10.6 Å². The van der Waals surface area contributed by atoms with Gasteiger partial charge in [-0.1, -0.05) is 30.9 Å². The summed E-state index contributed by atoms with van der Waals surface area (Å²) in [5, 5.41) is 0.875. The van der Waals surface area contributed by atoms with E-state index in [9.17, 15) is 4.79 Å². The van der Waals surface area contributed by atoms with Crippen molar-refractivity contribution < 1.29 is 4.79 Å². The van der Waals surface area contributed by atoms with Crippen molar-refractivity contribution in [1.82, 2.24) is 0 Å². The molecule has 1 aromatic rings. The second kappa shape index (κ2) is 5.88. The van der Waals surface area contributed by atoms with Gasteiger partial charge in [-0.05, 0) is 54.7 Å². The molecule has 1 atom stereocenters. The number of halogens is 1. The van der Waals surface area contributed by atoms with Gasteiger partial charge in [0.2, 0.25) is 0 Å². The monoisotopic (exact) mass is 294 g/mol. The van der Waals surface area contributed by atoms with E-state index in [2.05, 4.69) is 0 Å². The van der Waals surface area contributed by atoms with Gasteiger partial charge in [0.25, 0.3) is 0 Å². The van der Waals surface area contributed by atoms with Crippen LogP contribution in [0.25, 0.3) is 0 Å². The molecule has 1 nitrogen and oxygen atoms in total. The molecule has 0 heterocycles. The highest BCUT2D eigenvalue weighted by molar-refractivity contribution is 8.00. The van der Waals surface area contributed by atoms with E-state index in [0.717, 1.165) is 34.2 Å². The number of Topliss-reactive ketones (excluding diaryl/α,β-unsaturated/α-hetero) is 1. The van der Waals surface area contributed by atoms with Gasteiger partial charge in [-0.15, -0.1) is 11.8 Å². The molecule has 1 aromatic carbocycles. The summed E-state index contributed by atoms with van der Waals surface area (Å²) in [5.74, 6) is 2.30. The Labute approximate surface area is 124 Å². The highest BCUT2D eigenvalue weighted by Gasteiger charge is 2.31. The largest absolute Gasteiger partial charge is 0.293 e. The Morgan fingerprint density at radius 2 is 2.00 bits per heavy atom. The molecule has 2 aliphatic carbocycles. The second-order valence-electron chi connectivity index (χ2n) is 5.70. The number of benzene rings is 1. The maximum atomic E-state index is 12.3. The van der Waals surface area contributed by atoms with Crippen molar-refractivity contribution in [2.24, 2.45) is 5.92 Å². The zero-order valence-corrected chi connectivity index (χ0v) is 12.6. The molecule has 1 unspecified atom stereocenters. The summed E-state index contributed by atoms with van der Waals surface area (Å²) in [6, 6.07) is 5.67. The highest BCUT2D eigenvalue weighted by atomic mass is 35.5. The Hall–Kier alpha value is -0.470. The van der Waals surface area contributed by atoms with Crippen LogP contribution in [0.1, 0.15) is 48.0 Å². The lowest BCUT2D eigenvalue weighted by atomic mass is 9.91. The molecule has 3 heteroatoms. The lowest BCUT2D eigenvalue weighted by molar-refractivity contribution is 0.1000. The van der Waals surface area contributed by atoms with Crippen LogP contribution < -0.4 is 0 Å². The van der Waals surface area contributed by atoms with Crippen molar-refractivity contribution in [1.29, 1.82) is 0 Å². The Morgan fingerprint density at radius 1 is 1.21 bits per heavy atom. The van der Waals surface area contributed by atoms with Crippen LogP contribution in [0.3, 0.4) is 0 Å². The van der Waals surface area contributed by atoms with Crippen LogP contribution >= 0.6 is 23.4 Å². The van der Waals surface area contributed by atoms with Crippen molar-refractivity contribution in [3.63, 3.8) is 0 Å². The molecule has 0 N–H and O–H groups in total. The summed E-state index contributed by atoms with van der Waals surface area (Å²) in [7, 11) is 0. The summed E-state index contributed by atoms with van der Waals surface area (Å²) < 4.78 is 0. The van der Waals surface area contributed by atoms with Gasteiger partial charge in [-0.2, -0.15) is 0 Å². The van der Waals surface area contributed by atoms with Gasteiger partial charge in [0.1, 0.15) is 0 Å². The van der Waals surface area contributed by atoms with Crippen molar-refractivity contribution in [3.8, 4) is 0 Å². The highest BCUT2D eigenvalue weighted by Crippen LogP contribution is 2.35. The van der Waals surface area contributed by atoms with Crippen LogP contribution in [-0.2, 0) is 6.42 Å². The molecular weight excluding hydrogens is 276 g/mol. The first-order valence-corrected chi connectivity index (χ1v) is 8.61. The summed E-state index contributed by atoms with van der Waals surface area (Å²) in [6.45, 7) is 0. The van der Waals surface area contributed by atoms with Crippen LogP contribution in [-0.4, -0.2) is 16.8 Å². The quantitative estimate of drug-likeness (QED) is 0.799. The summed E-state index contributed by atoms with van der Waals surface area (Å²) in [5.41, 5.74) is 2.03. The molecular formula is C16H19ClOS. The number of carbonyl (C=O) groups excluding carboxylic acids is 1. The summed E-state index contributed by atoms with van der Waals surface area (Å²) in [4.78, 5) is 12.3. The number of hydrogen-bond acceptors (Lipinski definition) is 2. The average molecular weight is 295 g/mol. The number of rotatable bonds is 3. The molecule has 0 aromatic heterocycles. The molecule has 0 radical (unpaired) electrons. The molecule has 0 spiro atoms. The SMILES string of the molecule is O=C1c2ccc(Cl)cc2CC1SCC1CCCCC1. The lowest BCUT2D eigenvalue weighted by Gasteiger charge is -2.22. The third-order valence-electron chi connectivity index (χ3n) is 4.29. The van der Waals surface area contributed by atoms with Gasteiger partial charge in [-0.3, -0.25) is 4.79 Å². The molecule has 0 bridgehead atoms. The van der Waals surface area contributed by atoms with Gasteiger partial charge >= 0.3 is 0 Å². The van der Waals surface area contributed by atoms with Gasteiger partial charge < -0.3 is 0 Å². The number of hydrogen-bond donors (Lipinski definition) is 0. The molecule has 0 amide bonds. The van der Waals surface area contributed by atoms with Crippen LogP contribution in [0.15, 0.2) is 18.2 Å². The Balaban J connectivity index is 1.60. The van der Waals surface area contributed by atoms with E-state index < -0.39 is 0 Å². The smallest absolute Gasteiger partial charge is 0.176 e. The predicted octanol–water partition coefficient (Wildman–Crippen LogP) is 4.76. The predicted molar refractivity (Wildman–Crippen MR) is 82.3 cm³/mol.